The lowest BCUT2D eigenvalue weighted by atomic mass is 10.1. The SMILES string of the molecule is Cc1ccccc1N1CCN([C@@H](C)C(=O)Nc2ccc(Cl)cc2)CC1. The zero-order valence-electron chi connectivity index (χ0n) is 14.7. The minimum Gasteiger partial charge on any atom is -0.369 e. The lowest BCUT2D eigenvalue weighted by Crippen LogP contribution is -2.53. The molecule has 132 valence electrons. The first-order valence-corrected chi connectivity index (χ1v) is 9.03. The number of nitrogens with zero attached hydrogens (tertiary/aromatic N) is 2. The molecule has 0 aliphatic carbocycles. The molecule has 0 radical (unpaired) electrons. The van der Waals surface area contributed by atoms with Gasteiger partial charge in [-0.25, -0.2) is 0 Å². The highest BCUT2D eigenvalue weighted by Gasteiger charge is 2.26. The third kappa shape index (κ3) is 4.33. The Kier molecular flexibility index (Phi) is 5.61. The molecule has 0 aromatic heterocycles. The topological polar surface area (TPSA) is 35.6 Å². The monoisotopic (exact) mass is 357 g/mol. The predicted octanol–water partition coefficient (Wildman–Crippen LogP) is 3.80. The minimum atomic E-state index is -0.158. The highest BCUT2D eigenvalue weighted by molar-refractivity contribution is 6.30. The summed E-state index contributed by atoms with van der Waals surface area (Å²) >= 11 is 5.88. The standard InChI is InChI=1S/C20H24ClN3O/c1-15-5-3-4-6-19(15)24-13-11-23(12-14-24)16(2)20(25)22-18-9-7-17(21)8-10-18/h3-10,16H,11-14H2,1-2H3,(H,22,25)/t16-/m0/s1. The molecule has 1 amide bonds. The van der Waals surface area contributed by atoms with Crippen LogP contribution < -0.4 is 10.2 Å². The van der Waals surface area contributed by atoms with Gasteiger partial charge in [-0.2, -0.15) is 0 Å². The number of aryl methyl sites for hydroxylation is 1. The molecule has 25 heavy (non-hydrogen) atoms. The lowest BCUT2D eigenvalue weighted by molar-refractivity contribution is -0.120. The highest BCUT2D eigenvalue weighted by Crippen LogP contribution is 2.21. The molecule has 4 nitrogen and oxygen atoms in total. The van der Waals surface area contributed by atoms with Crippen LogP contribution >= 0.6 is 11.6 Å². The maximum Gasteiger partial charge on any atom is 0.241 e. The molecule has 2 aromatic carbocycles. The molecular formula is C20H24ClN3O. The Morgan fingerprint density at radius 1 is 1.04 bits per heavy atom. The second-order valence-electron chi connectivity index (χ2n) is 6.48. The molecule has 5 heteroatoms. The fourth-order valence-corrected chi connectivity index (χ4v) is 3.34. The van der Waals surface area contributed by atoms with Gasteiger partial charge in [0.05, 0.1) is 6.04 Å². The van der Waals surface area contributed by atoms with Crippen molar-refractivity contribution in [1.82, 2.24) is 4.90 Å². The molecule has 1 saturated heterocycles. The average Bonchev–Trinajstić information content (AvgIpc) is 2.63. The van der Waals surface area contributed by atoms with Crippen molar-refractivity contribution in [3.8, 4) is 0 Å². The first-order valence-electron chi connectivity index (χ1n) is 8.65. The molecule has 1 aliphatic heterocycles. The van der Waals surface area contributed by atoms with E-state index in [0.717, 1.165) is 31.9 Å². The van der Waals surface area contributed by atoms with Gasteiger partial charge in [-0.15, -0.1) is 0 Å². The zero-order chi connectivity index (χ0) is 17.8. The minimum absolute atomic E-state index is 0.0201. The third-order valence-corrected chi connectivity index (χ3v) is 5.06. The molecule has 0 bridgehead atoms. The van der Waals surface area contributed by atoms with E-state index in [1.165, 1.54) is 11.3 Å². The summed E-state index contributed by atoms with van der Waals surface area (Å²) in [6.07, 6.45) is 0. The van der Waals surface area contributed by atoms with Gasteiger partial charge in [0.1, 0.15) is 0 Å². The summed E-state index contributed by atoms with van der Waals surface area (Å²) in [6.45, 7) is 7.73. The Morgan fingerprint density at radius 3 is 2.32 bits per heavy atom. The quantitative estimate of drug-likeness (QED) is 0.904. The number of anilines is 2. The second-order valence-corrected chi connectivity index (χ2v) is 6.92. The van der Waals surface area contributed by atoms with Crippen molar-refractivity contribution in [2.45, 2.75) is 19.9 Å². The van der Waals surface area contributed by atoms with Crippen LogP contribution in [0.3, 0.4) is 0 Å². The van der Waals surface area contributed by atoms with Gasteiger partial charge in [-0.1, -0.05) is 29.8 Å². The van der Waals surface area contributed by atoms with Crippen molar-refractivity contribution < 1.29 is 4.79 Å². The normalized spacial score (nSPS) is 16.5. The van der Waals surface area contributed by atoms with Crippen LogP contribution in [0.1, 0.15) is 12.5 Å². The van der Waals surface area contributed by atoms with Crippen LogP contribution in [0, 0.1) is 6.92 Å². The van der Waals surface area contributed by atoms with E-state index in [2.05, 4.69) is 46.3 Å². The number of hydrogen-bond donors (Lipinski definition) is 1. The number of carbonyl (C=O) groups excluding carboxylic acids is 1. The molecule has 0 spiro atoms. The van der Waals surface area contributed by atoms with Crippen molar-refractivity contribution >= 4 is 28.9 Å². The molecule has 1 fully saturated rings. The molecule has 2 aromatic rings. The lowest BCUT2D eigenvalue weighted by Gasteiger charge is -2.39. The van der Waals surface area contributed by atoms with Crippen molar-refractivity contribution in [2.24, 2.45) is 0 Å². The molecule has 1 aliphatic rings. The smallest absolute Gasteiger partial charge is 0.241 e. The van der Waals surface area contributed by atoms with E-state index in [1.807, 2.05) is 19.1 Å². The Morgan fingerprint density at radius 2 is 1.68 bits per heavy atom. The molecule has 0 saturated carbocycles. The highest BCUT2D eigenvalue weighted by atomic mass is 35.5. The summed E-state index contributed by atoms with van der Waals surface area (Å²) in [7, 11) is 0. The molecule has 0 unspecified atom stereocenters. The van der Waals surface area contributed by atoms with Gasteiger partial charge in [0, 0.05) is 42.6 Å². The number of piperazine rings is 1. The Labute approximate surface area is 154 Å². The first-order chi connectivity index (χ1) is 12.0. The van der Waals surface area contributed by atoms with Gasteiger partial charge >= 0.3 is 0 Å². The molecule has 1 atom stereocenters. The van der Waals surface area contributed by atoms with Crippen LogP contribution in [-0.2, 0) is 4.79 Å². The number of amides is 1. The average molecular weight is 358 g/mol. The van der Waals surface area contributed by atoms with Crippen LogP contribution in [0.4, 0.5) is 11.4 Å². The molecule has 1 heterocycles. The van der Waals surface area contributed by atoms with Gasteiger partial charge in [-0.3, -0.25) is 9.69 Å². The molecule has 1 N–H and O–H groups in total. The van der Waals surface area contributed by atoms with Crippen molar-refractivity contribution in [3.05, 3.63) is 59.1 Å². The summed E-state index contributed by atoms with van der Waals surface area (Å²) in [5.74, 6) is 0.0201. The van der Waals surface area contributed by atoms with Gasteiger partial charge in [0.15, 0.2) is 0 Å². The van der Waals surface area contributed by atoms with Crippen molar-refractivity contribution in [3.63, 3.8) is 0 Å². The summed E-state index contributed by atoms with van der Waals surface area (Å²) in [5.41, 5.74) is 3.37. The third-order valence-electron chi connectivity index (χ3n) is 4.81. The zero-order valence-corrected chi connectivity index (χ0v) is 15.5. The van der Waals surface area contributed by atoms with Crippen molar-refractivity contribution in [2.75, 3.05) is 36.4 Å². The largest absolute Gasteiger partial charge is 0.369 e. The number of halogens is 1. The Bertz CT molecular complexity index is 724. The second kappa shape index (κ2) is 7.89. The maximum atomic E-state index is 12.5. The number of hydrogen-bond acceptors (Lipinski definition) is 3. The number of rotatable bonds is 4. The van der Waals surface area contributed by atoms with E-state index < -0.39 is 0 Å². The first kappa shape index (κ1) is 17.8. The summed E-state index contributed by atoms with van der Waals surface area (Å²) < 4.78 is 0. The van der Waals surface area contributed by atoms with Crippen LogP contribution in [0.15, 0.2) is 48.5 Å². The number of benzene rings is 2. The predicted molar refractivity (Wildman–Crippen MR) is 105 cm³/mol. The van der Waals surface area contributed by atoms with Crippen LogP contribution in [0.25, 0.3) is 0 Å². The molecule has 3 rings (SSSR count). The number of para-hydroxylation sites is 1. The van der Waals surface area contributed by atoms with Crippen molar-refractivity contribution in [1.29, 1.82) is 0 Å². The van der Waals surface area contributed by atoms with Gasteiger partial charge < -0.3 is 10.2 Å². The van der Waals surface area contributed by atoms with Gasteiger partial charge in [0.2, 0.25) is 5.91 Å². The van der Waals surface area contributed by atoms with E-state index in [9.17, 15) is 4.79 Å². The Hall–Kier alpha value is -2.04. The fraction of sp³-hybridized carbons (Fsp3) is 0.350. The van der Waals surface area contributed by atoms with Gasteiger partial charge in [0.25, 0.3) is 0 Å². The van der Waals surface area contributed by atoms with Gasteiger partial charge in [-0.05, 0) is 49.7 Å². The number of nitrogens with one attached hydrogen (secondary N) is 1. The molecular weight excluding hydrogens is 334 g/mol. The van der Waals surface area contributed by atoms with E-state index in [1.54, 1.807) is 12.1 Å². The fourth-order valence-electron chi connectivity index (χ4n) is 3.21. The van der Waals surface area contributed by atoms with E-state index >= 15 is 0 Å². The van der Waals surface area contributed by atoms with Crippen LogP contribution in [-0.4, -0.2) is 43.0 Å². The van der Waals surface area contributed by atoms with E-state index in [0.29, 0.717) is 5.02 Å². The van der Waals surface area contributed by atoms with E-state index in [-0.39, 0.29) is 11.9 Å². The van der Waals surface area contributed by atoms with Crippen LogP contribution in [0.5, 0.6) is 0 Å². The number of carbonyl (C=O) groups is 1. The summed E-state index contributed by atoms with van der Waals surface area (Å²) in [6, 6.07) is 15.5. The summed E-state index contributed by atoms with van der Waals surface area (Å²) in [5, 5.41) is 3.63. The summed E-state index contributed by atoms with van der Waals surface area (Å²) in [4.78, 5) is 17.1. The maximum absolute atomic E-state index is 12.5. The van der Waals surface area contributed by atoms with Crippen LogP contribution in [0.2, 0.25) is 5.02 Å². The van der Waals surface area contributed by atoms with E-state index in [4.69, 9.17) is 11.6 Å². The Balaban J connectivity index is 1.56.